The van der Waals surface area contributed by atoms with Crippen molar-refractivity contribution in [2.24, 2.45) is 0 Å². The quantitative estimate of drug-likeness (QED) is 0.380. The molecule has 36 heavy (non-hydrogen) atoms. The Morgan fingerprint density at radius 2 is 1.92 bits per heavy atom. The van der Waals surface area contributed by atoms with Crippen LogP contribution >= 0.6 is 11.6 Å². The van der Waals surface area contributed by atoms with E-state index in [0.717, 1.165) is 17.5 Å². The van der Waals surface area contributed by atoms with Gasteiger partial charge in [-0.2, -0.15) is 5.10 Å². The van der Waals surface area contributed by atoms with Crippen LogP contribution in [0, 0.1) is 12.7 Å². The van der Waals surface area contributed by atoms with Crippen LogP contribution < -0.4 is 4.74 Å². The molecule has 0 unspecified atom stereocenters. The van der Waals surface area contributed by atoms with Gasteiger partial charge >= 0.3 is 6.09 Å². The summed E-state index contributed by atoms with van der Waals surface area (Å²) in [5.74, 6) is -0.348. The summed E-state index contributed by atoms with van der Waals surface area (Å²) in [5, 5.41) is 14.5. The van der Waals surface area contributed by atoms with Crippen molar-refractivity contribution < 1.29 is 23.8 Å². The SMILES string of the molecule is Cc1cc(OCc2nn(C(=O)O)c3ncccc23)c(-c2cc(C(=O)N3CCCC3)ccc2F)cc1Cl. The number of likely N-dealkylation sites (tertiary alicyclic amines) is 1. The number of carboxylic acid groups (broad SMARTS) is 1. The number of hydrogen-bond donors (Lipinski definition) is 1. The minimum absolute atomic E-state index is 0.0927. The lowest BCUT2D eigenvalue weighted by atomic mass is 9.99. The van der Waals surface area contributed by atoms with Crippen molar-refractivity contribution in [3.05, 3.63) is 76.3 Å². The lowest BCUT2D eigenvalue weighted by Gasteiger charge is -2.17. The second-order valence-electron chi connectivity index (χ2n) is 8.60. The van der Waals surface area contributed by atoms with Crippen molar-refractivity contribution in [3.8, 4) is 16.9 Å². The number of carbonyl (C=O) groups is 2. The van der Waals surface area contributed by atoms with Crippen LogP contribution in [-0.2, 0) is 6.61 Å². The molecule has 2 aromatic heterocycles. The molecule has 0 spiro atoms. The van der Waals surface area contributed by atoms with Crippen LogP contribution in [0.25, 0.3) is 22.2 Å². The first-order valence-electron chi connectivity index (χ1n) is 11.4. The highest BCUT2D eigenvalue weighted by Gasteiger charge is 2.23. The number of hydrogen-bond acceptors (Lipinski definition) is 5. The van der Waals surface area contributed by atoms with Gasteiger partial charge in [0, 0.05) is 46.4 Å². The van der Waals surface area contributed by atoms with Gasteiger partial charge in [-0.15, -0.1) is 4.68 Å². The van der Waals surface area contributed by atoms with Gasteiger partial charge in [-0.05, 0) is 67.8 Å². The lowest BCUT2D eigenvalue weighted by Crippen LogP contribution is -2.27. The Hall–Kier alpha value is -3.98. The van der Waals surface area contributed by atoms with Gasteiger partial charge < -0.3 is 14.7 Å². The van der Waals surface area contributed by atoms with Gasteiger partial charge in [-0.3, -0.25) is 4.79 Å². The number of halogens is 2. The summed E-state index contributed by atoms with van der Waals surface area (Å²) in [7, 11) is 0. The maximum Gasteiger partial charge on any atom is 0.434 e. The minimum Gasteiger partial charge on any atom is -0.487 e. The number of nitrogens with zero attached hydrogens (tertiary/aromatic N) is 4. The number of ether oxygens (including phenoxy) is 1. The summed E-state index contributed by atoms with van der Waals surface area (Å²) in [6.07, 6.45) is 2.11. The standard InChI is InChI=1S/C26H22ClFN4O4/c1-15-11-23(36-14-22-17-5-4-8-29-24(17)32(30-22)26(34)35)19(13-20(15)27)18-12-16(6-7-21(18)28)25(33)31-9-2-3-10-31/h4-8,11-13H,2-3,9-10,14H2,1H3,(H,34,35). The zero-order valence-corrected chi connectivity index (χ0v) is 20.1. The third-order valence-corrected chi connectivity index (χ3v) is 6.63. The first kappa shape index (κ1) is 23.7. The van der Waals surface area contributed by atoms with Gasteiger partial charge in [0.05, 0.1) is 0 Å². The Balaban J connectivity index is 1.52. The number of rotatable bonds is 5. The van der Waals surface area contributed by atoms with Gasteiger partial charge in [0.2, 0.25) is 0 Å². The fourth-order valence-corrected chi connectivity index (χ4v) is 4.52. The molecule has 0 radical (unpaired) electrons. The van der Waals surface area contributed by atoms with E-state index in [2.05, 4.69) is 10.1 Å². The summed E-state index contributed by atoms with van der Waals surface area (Å²) >= 11 is 6.39. The average molecular weight is 509 g/mol. The predicted molar refractivity (Wildman–Crippen MR) is 132 cm³/mol. The van der Waals surface area contributed by atoms with E-state index < -0.39 is 11.9 Å². The van der Waals surface area contributed by atoms with Crippen LogP contribution in [0.3, 0.4) is 0 Å². The highest BCUT2D eigenvalue weighted by atomic mass is 35.5. The van der Waals surface area contributed by atoms with Crippen LogP contribution in [-0.4, -0.2) is 49.9 Å². The first-order chi connectivity index (χ1) is 17.3. The second kappa shape index (κ2) is 9.58. The molecule has 1 saturated heterocycles. The number of carbonyl (C=O) groups excluding carboxylic acids is 1. The molecule has 184 valence electrons. The van der Waals surface area contributed by atoms with Crippen LogP contribution in [0.2, 0.25) is 5.02 Å². The van der Waals surface area contributed by atoms with E-state index in [0.29, 0.717) is 51.6 Å². The molecule has 5 rings (SSSR count). The number of aryl methyl sites for hydroxylation is 1. The maximum absolute atomic E-state index is 15.1. The minimum atomic E-state index is -1.27. The summed E-state index contributed by atoms with van der Waals surface area (Å²) < 4.78 is 21.9. The molecule has 0 bridgehead atoms. The van der Waals surface area contributed by atoms with E-state index in [1.165, 1.54) is 24.4 Å². The van der Waals surface area contributed by atoms with Crippen molar-refractivity contribution in [2.45, 2.75) is 26.4 Å². The van der Waals surface area contributed by atoms with Crippen LogP contribution in [0.15, 0.2) is 48.7 Å². The van der Waals surface area contributed by atoms with Crippen LogP contribution in [0.1, 0.15) is 34.5 Å². The monoisotopic (exact) mass is 508 g/mol. The van der Waals surface area contributed by atoms with Gasteiger partial charge in [0.25, 0.3) is 5.91 Å². The molecule has 1 aliphatic rings. The molecule has 0 atom stereocenters. The zero-order valence-electron chi connectivity index (χ0n) is 19.4. The first-order valence-corrected chi connectivity index (χ1v) is 11.8. The van der Waals surface area contributed by atoms with E-state index in [9.17, 15) is 14.7 Å². The third-order valence-electron chi connectivity index (χ3n) is 6.22. The number of amides is 1. The fourth-order valence-electron chi connectivity index (χ4n) is 4.35. The Morgan fingerprint density at radius 3 is 2.67 bits per heavy atom. The van der Waals surface area contributed by atoms with Gasteiger partial charge in [-0.1, -0.05) is 11.6 Å². The van der Waals surface area contributed by atoms with Crippen LogP contribution in [0.4, 0.5) is 9.18 Å². The lowest BCUT2D eigenvalue weighted by molar-refractivity contribution is 0.0792. The average Bonchev–Trinajstić information content (AvgIpc) is 3.53. The molecule has 1 amide bonds. The molecule has 1 aliphatic heterocycles. The largest absolute Gasteiger partial charge is 0.487 e. The van der Waals surface area contributed by atoms with E-state index in [-0.39, 0.29) is 23.7 Å². The molecule has 3 heterocycles. The van der Waals surface area contributed by atoms with Crippen molar-refractivity contribution >= 4 is 34.6 Å². The molecule has 10 heteroatoms. The second-order valence-corrected chi connectivity index (χ2v) is 9.00. The summed E-state index contributed by atoms with van der Waals surface area (Å²) in [6, 6.07) is 10.9. The van der Waals surface area contributed by atoms with Crippen molar-refractivity contribution in [3.63, 3.8) is 0 Å². The summed E-state index contributed by atoms with van der Waals surface area (Å²) in [5.41, 5.74) is 2.20. The highest BCUT2D eigenvalue weighted by molar-refractivity contribution is 6.31. The van der Waals surface area contributed by atoms with Crippen molar-refractivity contribution in [1.82, 2.24) is 19.7 Å². The topological polar surface area (TPSA) is 97.5 Å². The number of aromatic nitrogens is 3. The molecule has 1 fully saturated rings. The Bertz CT molecular complexity index is 1500. The van der Waals surface area contributed by atoms with Crippen molar-refractivity contribution in [1.29, 1.82) is 0 Å². The zero-order chi connectivity index (χ0) is 25.4. The fraction of sp³-hybridized carbons (Fsp3) is 0.231. The highest BCUT2D eigenvalue weighted by Crippen LogP contribution is 2.37. The third kappa shape index (κ3) is 4.37. The van der Waals surface area contributed by atoms with E-state index in [4.69, 9.17) is 16.3 Å². The van der Waals surface area contributed by atoms with Gasteiger partial charge in [0.15, 0.2) is 5.65 Å². The smallest absolute Gasteiger partial charge is 0.434 e. The molecule has 8 nitrogen and oxygen atoms in total. The number of pyridine rings is 1. The molecule has 0 aliphatic carbocycles. The molecular weight excluding hydrogens is 487 g/mol. The van der Waals surface area contributed by atoms with Gasteiger partial charge in [0.1, 0.15) is 23.9 Å². The van der Waals surface area contributed by atoms with E-state index in [1.54, 1.807) is 36.1 Å². The van der Waals surface area contributed by atoms with Crippen LogP contribution in [0.5, 0.6) is 5.75 Å². The normalized spacial score (nSPS) is 13.4. The summed E-state index contributed by atoms with van der Waals surface area (Å²) in [4.78, 5) is 30.4. The Morgan fingerprint density at radius 1 is 1.14 bits per heavy atom. The van der Waals surface area contributed by atoms with Crippen molar-refractivity contribution in [2.75, 3.05) is 13.1 Å². The Labute approximate surface area is 210 Å². The Kier molecular flexibility index (Phi) is 6.32. The molecule has 4 aromatic rings. The molecule has 0 saturated carbocycles. The molecule has 2 aromatic carbocycles. The molecular formula is C26H22ClFN4O4. The van der Waals surface area contributed by atoms with Gasteiger partial charge in [-0.25, -0.2) is 14.2 Å². The van der Waals surface area contributed by atoms with E-state index >= 15 is 4.39 Å². The summed E-state index contributed by atoms with van der Waals surface area (Å²) in [6.45, 7) is 3.07. The van der Waals surface area contributed by atoms with E-state index in [1.807, 2.05) is 0 Å². The number of fused-ring (bicyclic) bond motifs is 1. The predicted octanol–water partition coefficient (Wildman–Crippen LogP) is 5.54. The number of benzene rings is 2. The molecule has 1 N–H and O–H groups in total. The maximum atomic E-state index is 15.1.